The van der Waals surface area contributed by atoms with Crippen LogP contribution in [0.5, 0.6) is 5.88 Å². The van der Waals surface area contributed by atoms with E-state index in [2.05, 4.69) is 20.0 Å². The molecule has 0 aliphatic heterocycles. The lowest BCUT2D eigenvalue weighted by Crippen LogP contribution is -2.30. The monoisotopic (exact) mass is 438 g/mol. The number of rotatable bonds is 7. The van der Waals surface area contributed by atoms with E-state index in [1.54, 1.807) is 46.9 Å². The molecule has 0 bridgehead atoms. The first-order valence-electron chi connectivity index (χ1n) is 9.59. The number of anilines is 1. The van der Waals surface area contributed by atoms with Gasteiger partial charge in [0.1, 0.15) is 5.82 Å². The minimum Gasteiger partial charge on any atom is -0.468 e. The number of nitrogens with one attached hydrogen (secondary N) is 1. The minimum atomic E-state index is -4.45. The lowest BCUT2D eigenvalue weighted by atomic mass is 10.1. The van der Waals surface area contributed by atoms with Crippen LogP contribution >= 0.6 is 0 Å². The second-order valence-electron chi connectivity index (χ2n) is 7.45. The number of aryl methyl sites for hydroxylation is 1. The second kappa shape index (κ2) is 9.76. The van der Waals surface area contributed by atoms with Crippen LogP contribution in [0.4, 0.5) is 19.0 Å². The number of carbonyl (C=O) groups is 2. The Kier molecular flexibility index (Phi) is 7.59. The number of nitrogens with zero attached hydrogens (tertiary/aromatic N) is 3. The topological polar surface area (TPSA) is 84.4 Å². The predicted octanol–water partition coefficient (Wildman–Crippen LogP) is 4.15. The van der Waals surface area contributed by atoms with Crippen molar-refractivity contribution in [3.05, 3.63) is 47.3 Å². The van der Waals surface area contributed by atoms with Crippen molar-refractivity contribution in [2.24, 2.45) is 5.92 Å². The quantitative estimate of drug-likeness (QED) is 0.702. The van der Waals surface area contributed by atoms with Gasteiger partial charge in [0.15, 0.2) is 6.61 Å². The van der Waals surface area contributed by atoms with Gasteiger partial charge in [0, 0.05) is 36.5 Å². The highest BCUT2D eigenvalue weighted by Gasteiger charge is 2.28. The number of halogens is 3. The molecule has 2 rings (SSSR count). The first-order chi connectivity index (χ1) is 14.4. The van der Waals surface area contributed by atoms with Crippen molar-refractivity contribution in [1.82, 2.24) is 14.9 Å². The van der Waals surface area contributed by atoms with Crippen LogP contribution in [0.15, 0.2) is 30.5 Å². The molecule has 1 unspecified atom stereocenters. The Morgan fingerprint density at radius 3 is 2.42 bits per heavy atom. The molecule has 0 aromatic carbocycles. The Balaban J connectivity index is 2.13. The summed E-state index contributed by atoms with van der Waals surface area (Å²) in [5, 5.41) is 2.68. The molecule has 1 N–H and O–H groups in total. The van der Waals surface area contributed by atoms with Crippen molar-refractivity contribution < 1.29 is 27.5 Å². The summed E-state index contributed by atoms with van der Waals surface area (Å²) < 4.78 is 41.3. The molecular formula is C21H25F3N4O3. The standard InChI is InChI=1S/C21H25F3N4O3/c1-12(2)19(29)27-17-9-16(8-13(3)26-17)20(30)28(5)14(4)15-6-7-18(25-10-15)31-11-21(22,23)24/h6-10,12,14H,11H2,1-5H3,(H,26,27,29). The molecule has 0 fully saturated rings. The van der Waals surface area contributed by atoms with Gasteiger partial charge in [0.2, 0.25) is 11.8 Å². The zero-order valence-corrected chi connectivity index (χ0v) is 17.9. The van der Waals surface area contributed by atoms with Crippen molar-refractivity contribution in [1.29, 1.82) is 0 Å². The van der Waals surface area contributed by atoms with Gasteiger partial charge in [-0.3, -0.25) is 9.59 Å². The van der Waals surface area contributed by atoms with E-state index in [1.165, 1.54) is 23.2 Å². The molecule has 2 aromatic heterocycles. The van der Waals surface area contributed by atoms with E-state index in [4.69, 9.17) is 0 Å². The summed E-state index contributed by atoms with van der Waals surface area (Å²) in [7, 11) is 1.60. The van der Waals surface area contributed by atoms with Crippen LogP contribution in [0, 0.1) is 12.8 Å². The highest BCUT2D eigenvalue weighted by molar-refractivity contribution is 5.97. The lowest BCUT2D eigenvalue weighted by Gasteiger charge is -2.25. The van der Waals surface area contributed by atoms with Crippen LogP contribution in [-0.2, 0) is 4.79 Å². The third kappa shape index (κ3) is 6.94. The van der Waals surface area contributed by atoms with Gasteiger partial charge in [0.25, 0.3) is 5.91 Å². The number of carbonyl (C=O) groups excluding carboxylic acids is 2. The van der Waals surface area contributed by atoms with E-state index in [1.807, 2.05) is 0 Å². The van der Waals surface area contributed by atoms with Crippen molar-refractivity contribution in [2.75, 3.05) is 19.0 Å². The zero-order valence-electron chi connectivity index (χ0n) is 17.9. The first-order valence-corrected chi connectivity index (χ1v) is 9.59. The molecule has 168 valence electrons. The fourth-order valence-electron chi connectivity index (χ4n) is 2.61. The zero-order chi connectivity index (χ0) is 23.3. The van der Waals surface area contributed by atoms with Gasteiger partial charge >= 0.3 is 6.18 Å². The molecule has 0 saturated heterocycles. The number of aromatic nitrogens is 2. The van der Waals surface area contributed by atoms with Crippen LogP contribution in [-0.4, -0.2) is 46.5 Å². The molecule has 1 atom stereocenters. The SMILES string of the molecule is Cc1cc(C(=O)N(C)C(C)c2ccc(OCC(F)(F)F)nc2)cc(NC(=O)C(C)C)n1. The normalized spacial score (nSPS) is 12.4. The molecule has 7 nitrogen and oxygen atoms in total. The molecule has 0 saturated carbocycles. The molecule has 2 amide bonds. The number of amides is 2. The molecule has 10 heteroatoms. The lowest BCUT2D eigenvalue weighted by molar-refractivity contribution is -0.154. The Bertz CT molecular complexity index is 930. The Labute approximate surface area is 178 Å². The molecule has 31 heavy (non-hydrogen) atoms. The van der Waals surface area contributed by atoms with Crippen molar-refractivity contribution in [3.63, 3.8) is 0 Å². The van der Waals surface area contributed by atoms with Gasteiger partial charge in [-0.25, -0.2) is 9.97 Å². The predicted molar refractivity (Wildman–Crippen MR) is 109 cm³/mol. The molecular weight excluding hydrogens is 413 g/mol. The average Bonchev–Trinajstić information content (AvgIpc) is 2.70. The molecule has 2 aromatic rings. The van der Waals surface area contributed by atoms with Gasteiger partial charge in [-0.2, -0.15) is 13.2 Å². The fourth-order valence-corrected chi connectivity index (χ4v) is 2.61. The van der Waals surface area contributed by atoms with Gasteiger partial charge in [0.05, 0.1) is 6.04 Å². The fraction of sp³-hybridized carbons (Fsp3) is 0.429. The summed E-state index contributed by atoms with van der Waals surface area (Å²) in [6, 6.07) is 5.58. The van der Waals surface area contributed by atoms with Gasteiger partial charge in [-0.1, -0.05) is 19.9 Å². The average molecular weight is 438 g/mol. The maximum atomic E-state index is 13.0. The van der Waals surface area contributed by atoms with Crippen LogP contribution in [0.25, 0.3) is 0 Å². The highest BCUT2D eigenvalue weighted by atomic mass is 19.4. The molecule has 0 aliphatic rings. The number of ether oxygens (including phenoxy) is 1. The summed E-state index contributed by atoms with van der Waals surface area (Å²) in [6.45, 7) is 5.56. The number of pyridine rings is 2. The molecule has 0 radical (unpaired) electrons. The molecule has 0 aliphatic carbocycles. The van der Waals surface area contributed by atoms with E-state index in [0.29, 0.717) is 16.8 Å². The smallest absolute Gasteiger partial charge is 0.422 e. The Hall–Kier alpha value is -3.17. The van der Waals surface area contributed by atoms with Crippen molar-refractivity contribution in [2.45, 2.75) is 39.9 Å². The van der Waals surface area contributed by atoms with E-state index < -0.39 is 18.8 Å². The maximum Gasteiger partial charge on any atom is 0.422 e. The summed E-state index contributed by atoms with van der Waals surface area (Å²) in [4.78, 5) is 34.5. The minimum absolute atomic E-state index is 0.155. The van der Waals surface area contributed by atoms with E-state index in [9.17, 15) is 22.8 Å². The van der Waals surface area contributed by atoms with Crippen LogP contribution in [0.1, 0.15) is 48.4 Å². The summed E-state index contributed by atoms with van der Waals surface area (Å²) in [5.74, 6) is -0.624. The van der Waals surface area contributed by atoms with Crippen molar-refractivity contribution in [3.8, 4) is 5.88 Å². The van der Waals surface area contributed by atoms with Gasteiger partial charge < -0.3 is 15.0 Å². The van der Waals surface area contributed by atoms with Crippen LogP contribution in [0.3, 0.4) is 0 Å². The van der Waals surface area contributed by atoms with E-state index in [-0.39, 0.29) is 29.4 Å². The molecule has 0 spiro atoms. The van der Waals surface area contributed by atoms with Crippen LogP contribution < -0.4 is 10.1 Å². The maximum absolute atomic E-state index is 13.0. The third-order valence-electron chi connectivity index (χ3n) is 4.50. The largest absolute Gasteiger partial charge is 0.468 e. The molecule has 2 heterocycles. The van der Waals surface area contributed by atoms with Gasteiger partial charge in [-0.05, 0) is 31.5 Å². The first kappa shape index (κ1) is 24.1. The summed E-state index contributed by atoms with van der Waals surface area (Å²) in [5.41, 5.74) is 1.53. The second-order valence-corrected chi connectivity index (χ2v) is 7.45. The van der Waals surface area contributed by atoms with Gasteiger partial charge in [-0.15, -0.1) is 0 Å². The summed E-state index contributed by atoms with van der Waals surface area (Å²) >= 11 is 0. The Morgan fingerprint density at radius 1 is 1.19 bits per heavy atom. The number of hydrogen-bond donors (Lipinski definition) is 1. The third-order valence-corrected chi connectivity index (χ3v) is 4.50. The van der Waals surface area contributed by atoms with E-state index >= 15 is 0 Å². The summed E-state index contributed by atoms with van der Waals surface area (Å²) in [6.07, 6.45) is -3.08. The van der Waals surface area contributed by atoms with Crippen LogP contribution in [0.2, 0.25) is 0 Å². The highest BCUT2D eigenvalue weighted by Crippen LogP contribution is 2.23. The number of hydrogen-bond acceptors (Lipinski definition) is 5. The Morgan fingerprint density at radius 2 is 1.87 bits per heavy atom. The number of alkyl halides is 3. The van der Waals surface area contributed by atoms with Crippen molar-refractivity contribution >= 4 is 17.6 Å². The van der Waals surface area contributed by atoms with E-state index in [0.717, 1.165) is 0 Å².